The normalized spacial score (nSPS) is 16.4. The summed E-state index contributed by atoms with van der Waals surface area (Å²) in [7, 11) is -3.35. The predicted octanol–water partition coefficient (Wildman–Crippen LogP) is 3.95. The highest BCUT2D eigenvalue weighted by Crippen LogP contribution is 2.34. The Morgan fingerprint density at radius 1 is 1.10 bits per heavy atom. The van der Waals surface area contributed by atoms with Crippen LogP contribution in [-0.2, 0) is 10.0 Å². The first-order chi connectivity index (χ1) is 14.3. The molecule has 1 amide bonds. The van der Waals surface area contributed by atoms with E-state index < -0.39 is 10.0 Å². The Bertz CT molecular complexity index is 1200. The molecular formula is C22H21N3O4S. The predicted molar refractivity (Wildman–Crippen MR) is 115 cm³/mol. The number of hydrogen-bond acceptors (Lipinski definition) is 5. The van der Waals surface area contributed by atoms with Gasteiger partial charge in [-0.25, -0.2) is 13.4 Å². The van der Waals surface area contributed by atoms with Gasteiger partial charge < -0.3 is 4.42 Å². The van der Waals surface area contributed by atoms with Crippen LogP contribution in [0.25, 0.3) is 0 Å². The van der Waals surface area contributed by atoms with Gasteiger partial charge in [0.25, 0.3) is 5.91 Å². The Balaban J connectivity index is 1.67. The Morgan fingerprint density at radius 3 is 2.47 bits per heavy atom. The molecule has 2 heterocycles. The molecule has 2 aromatic carbocycles. The van der Waals surface area contributed by atoms with Crippen LogP contribution in [-0.4, -0.2) is 31.3 Å². The topological polar surface area (TPSA) is 92.0 Å². The first kappa shape index (κ1) is 19.9. The second-order valence-corrected chi connectivity index (χ2v) is 8.95. The zero-order valence-corrected chi connectivity index (χ0v) is 17.4. The lowest BCUT2D eigenvalue weighted by Gasteiger charge is -2.20. The summed E-state index contributed by atoms with van der Waals surface area (Å²) in [5.74, 6) is 0.464. The number of hydrazone groups is 1. The minimum atomic E-state index is -3.35. The van der Waals surface area contributed by atoms with Crippen LogP contribution in [0.4, 0.5) is 5.69 Å². The molecule has 154 valence electrons. The molecule has 0 spiro atoms. The summed E-state index contributed by atoms with van der Waals surface area (Å²) in [6, 6.07) is 17.6. The van der Waals surface area contributed by atoms with Gasteiger partial charge in [-0.15, -0.1) is 0 Å². The molecule has 3 aromatic rings. The summed E-state index contributed by atoms with van der Waals surface area (Å²) in [6.45, 7) is 1.89. The zero-order chi connectivity index (χ0) is 21.3. The van der Waals surface area contributed by atoms with Crippen molar-refractivity contribution in [2.75, 3.05) is 11.0 Å². The lowest BCUT2D eigenvalue weighted by atomic mass is 10.0. The molecule has 0 aliphatic carbocycles. The summed E-state index contributed by atoms with van der Waals surface area (Å²) in [5.41, 5.74) is 3.47. The van der Waals surface area contributed by atoms with Gasteiger partial charge in [-0.2, -0.15) is 5.10 Å². The van der Waals surface area contributed by atoms with Gasteiger partial charge >= 0.3 is 0 Å². The number of aryl methyl sites for hydroxylation is 1. The smallest absolute Gasteiger partial charge is 0.274 e. The fourth-order valence-electron chi connectivity index (χ4n) is 3.46. The lowest BCUT2D eigenvalue weighted by molar-refractivity contribution is 0.0692. The van der Waals surface area contributed by atoms with E-state index in [1.54, 1.807) is 42.7 Å². The summed E-state index contributed by atoms with van der Waals surface area (Å²) >= 11 is 0. The monoisotopic (exact) mass is 423 g/mol. The summed E-state index contributed by atoms with van der Waals surface area (Å²) < 4.78 is 30.8. The molecule has 1 aromatic heterocycles. The molecule has 0 saturated heterocycles. The van der Waals surface area contributed by atoms with Crippen molar-refractivity contribution < 1.29 is 17.6 Å². The third-order valence-corrected chi connectivity index (χ3v) is 5.49. The average Bonchev–Trinajstić information content (AvgIpc) is 3.37. The van der Waals surface area contributed by atoms with Crippen LogP contribution in [0.15, 0.2) is 76.4 Å². The van der Waals surface area contributed by atoms with Crippen LogP contribution in [0.3, 0.4) is 0 Å². The van der Waals surface area contributed by atoms with E-state index >= 15 is 0 Å². The molecular weight excluding hydrogens is 402 g/mol. The van der Waals surface area contributed by atoms with Gasteiger partial charge in [-0.1, -0.05) is 30.3 Å². The van der Waals surface area contributed by atoms with Crippen molar-refractivity contribution in [1.82, 2.24) is 5.01 Å². The Hall–Kier alpha value is -3.39. The van der Waals surface area contributed by atoms with Crippen LogP contribution in [0.2, 0.25) is 0 Å². The van der Waals surface area contributed by atoms with E-state index in [0.717, 1.165) is 23.1 Å². The van der Waals surface area contributed by atoms with Crippen molar-refractivity contribution >= 4 is 27.3 Å². The van der Waals surface area contributed by atoms with E-state index in [1.165, 1.54) is 5.01 Å². The molecule has 1 aliphatic rings. The fourth-order valence-corrected chi connectivity index (χ4v) is 4.02. The van der Waals surface area contributed by atoms with Crippen LogP contribution in [0.5, 0.6) is 0 Å². The second-order valence-electron chi connectivity index (χ2n) is 7.20. The number of nitrogens with zero attached hydrogens (tertiary/aromatic N) is 2. The molecule has 0 fully saturated rings. The van der Waals surface area contributed by atoms with Crippen LogP contribution in [0.1, 0.15) is 39.7 Å². The van der Waals surface area contributed by atoms with Crippen molar-refractivity contribution in [1.29, 1.82) is 0 Å². The van der Waals surface area contributed by atoms with E-state index in [2.05, 4.69) is 9.82 Å². The number of anilines is 1. The standard InChI is InChI=1S/C22H21N3O4S/c1-15-6-3-4-7-18(15)22(26)25-20(21-8-5-13-29-21)14-19(23-25)16-9-11-17(12-10-16)24-30(2,27)28/h3-13,20,24H,14H2,1-2H3/t20-/m0/s1. The third kappa shape index (κ3) is 4.13. The van der Waals surface area contributed by atoms with Gasteiger partial charge in [0.15, 0.2) is 0 Å². The van der Waals surface area contributed by atoms with E-state index in [4.69, 9.17) is 4.42 Å². The maximum Gasteiger partial charge on any atom is 0.274 e. The Morgan fingerprint density at radius 2 is 1.83 bits per heavy atom. The van der Waals surface area contributed by atoms with Gasteiger partial charge in [0.2, 0.25) is 10.0 Å². The van der Waals surface area contributed by atoms with E-state index in [9.17, 15) is 13.2 Å². The van der Waals surface area contributed by atoms with Crippen LogP contribution in [0, 0.1) is 6.92 Å². The number of rotatable bonds is 5. The van der Waals surface area contributed by atoms with E-state index in [0.29, 0.717) is 23.4 Å². The van der Waals surface area contributed by atoms with Gasteiger partial charge in [0.1, 0.15) is 11.8 Å². The average molecular weight is 423 g/mol. The number of sulfonamides is 1. The van der Waals surface area contributed by atoms with Gasteiger partial charge in [0, 0.05) is 17.7 Å². The van der Waals surface area contributed by atoms with Crippen molar-refractivity contribution in [3.63, 3.8) is 0 Å². The fraction of sp³-hybridized carbons (Fsp3) is 0.182. The van der Waals surface area contributed by atoms with Crippen molar-refractivity contribution in [3.8, 4) is 0 Å². The van der Waals surface area contributed by atoms with Crippen LogP contribution >= 0.6 is 0 Å². The van der Waals surface area contributed by atoms with Gasteiger partial charge in [0.05, 0.1) is 18.2 Å². The molecule has 1 atom stereocenters. The molecule has 1 N–H and O–H groups in total. The molecule has 1 aliphatic heterocycles. The quantitative estimate of drug-likeness (QED) is 0.673. The summed E-state index contributed by atoms with van der Waals surface area (Å²) in [6.07, 6.45) is 3.17. The molecule has 30 heavy (non-hydrogen) atoms. The number of carbonyl (C=O) groups is 1. The molecule has 7 nitrogen and oxygen atoms in total. The SMILES string of the molecule is Cc1ccccc1C(=O)N1N=C(c2ccc(NS(C)(=O)=O)cc2)C[C@H]1c1ccco1. The summed E-state index contributed by atoms with van der Waals surface area (Å²) in [4.78, 5) is 13.3. The minimum absolute atomic E-state index is 0.195. The lowest BCUT2D eigenvalue weighted by Crippen LogP contribution is -2.27. The molecule has 4 rings (SSSR count). The largest absolute Gasteiger partial charge is 0.467 e. The Labute approximate surface area is 175 Å². The minimum Gasteiger partial charge on any atom is -0.467 e. The zero-order valence-electron chi connectivity index (χ0n) is 16.6. The number of amides is 1. The number of hydrogen-bond donors (Lipinski definition) is 1. The molecule has 8 heteroatoms. The van der Waals surface area contributed by atoms with Gasteiger partial charge in [-0.3, -0.25) is 9.52 Å². The second kappa shape index (κ2) is 7.79. The highest BCUT2D eigenvalue weighted by Gasteiger charge is 2.35. The molecule has 0 radical (unpaired) electrons. The van der Waals surface area contributed by atoms with Crippen molar-refractivity contribution in [2.45, 2.75) is 19.4 Å². The maximum atomic E-state index is 13.3. The first-order valence-corrected chi connectivity index (χ1v) is 11.3. The number of benzene rings is 2. The Kier molecular flexibility index (Phi) is 5.17. The first-order valence-electron chi connectivity index (χ1n) is 9.40. The van der Waals surface area contributed by atoms with E-state index in [1.807, 2.05) is 31.2 Å². The number of nitrogens with one attached hydrogen (secondary N) is 1. The molecule has 0 unspecified atom stereocenters. The highest BCUT2D eigenvalue weighted by atomic mass is 32.2. The van der Waals surface area contributed by atoms with E-state index in [-0.39, 0.29) is 11.9 Å². The molecule has 0 saturated carbocycles. The van der Waals surface area contributed by atoms with Crippen LogP contribution < -0.4 is 4.72 Å². The molecule has 0 bridgehead atoms. The maximum absolute atomic E-state index is 13.3. The summed E-state index contributed by atoms with van der Waals surface area (Å²) in [5, 5.41) is 6.09. The number of carbonyl (C=O) groups excluding carboxylic acids is 1. The van der Waals surface area contributed by atoms with Crippen molar-refractivity contribution in [3.05, 3.63) is 89.4 Å². The highest BCUT2D eigenvalue weighted by molar-refractivity contribution is 7.92. The third-order valence-electron chi connectivity index (χ3n) is 4.89. The number of furan rings is 1. The van der Waals surface area contributed by atoms with Crippen molar-refractivity contribution in [2.24, 2.45) is 5.10 Å². The van der Waals surface area contributed by atoms with Gasteiger partial charge in [-0.05, 0) is 48.4 Å².